The average molecular weight is 619 g/mol. The zero-order valence-electron chi connectivity index (χ0n) is 25.5. The van der Waals surface area contributed by atoms with Crippen molar-refractivity contribution in [1.29, 1.82) is 0 Å². The van der Waals surface area contributed by atoms with Crippen molar-refractivity contribution in [2.45, 2.75) is 40.0 Å². The van der Waals surface area contributed by atoms with Crippen LogP contribution in [0.1, 0.15) is 54.9 Å². The minimum Gasteiger partial charge on any atom is -0.497 e. The molecule has 3 heterocycles. The summed E-state index contributed by atoms with van der Waals surface area (Å²) in [5, 5.41) is 5.51. The second kappa shape index (κ2) is 12.8. The molecule has 0 unspecified atom stereocenters. The number of nitrogens with one attached hydrogen (secondary N) is 1. The van der Waals surface area contributed by atoms with Crippen molar-refractivity contribution in [2.24, 2.45) is 0 Å². The van der Waals surface area contributed by atoms with Gasteiger partial charge in [0.2, 0.25) is 0 Å². The fourth-order valence-corrected chi connectivity index (χ4v) is 6.13. The SMILES string of the molecule is CCc1ccc(OC)cc1-n1c(C=C(C)C)c(C(=O)N2CCNCC2)cc(-c2nc(-c3ccc(C(C)(F)F)cc3)cs2)c1=O. The van der Waals surface area contributed by atoms with Gasteiger partial charge >= 0.3 is 0 Å². The summed E-state index contributed by atoms with van der Waals surface area (Å²) in [6.07, 6.45) is 2.53. The maximum Gasteiger partial charge on any atom is 0.270 e. The Hall–Kier alpha value is -4.15. The summed E-state index contributed by atoms with van der Waals surface area (Å²) in [6.45, 7) is 9.21. The van der Waals surface area contributed by atoms with Gasteiger partial charge in [-0.25, -0.2) is 13.8 Å². The zero-order chi connectivity index (χ0) is 31.6. The number of halogens is 2. The topological polar surface area (TPSA) is 76.5 Å². The summed E-state index contributed by atoms with van der Waals surface area (Å²) in [4.78, 5) is 35.2. The molecule has 1 N–H and O–H groups in total. The van der Waals surface area contributed by atoms with Crippen LogP contribution in [0.5, 0.6) is 5.75 Å². The van der Waals surface area contributed by atoms with Gasteiger partial charge in [-0.1, -0.05) is 42.8 Å². The van der Waals surface area contributed by atoms with E-state index in [1.165, 1.54) is 23.5 Å². The molecule has 44 heavy (non-hydrogen) atoms. The molecule has 4 aromatic rings. The number of alkyl halides is 2. The normalized spacial score (nSPS) is 13.6. The molecule has 2 aromatic heterocycles. The minimum absolute atomic E-state index is 0.0875. The molecule has 0 spiro atoms. The summed E-state index contributed by atoms with van der Waals surface area (Å²) in [5.41, 5.74) is 4.47. The molecule has 1 saturated heterocycles. The highest BCUT2D eigenvalue weighted by molar-refractivity contribution is 7.13. The Labute approximate surface area is 259 Å². The number of carbonyl (C=O) groups is 1. The molecule has 0 bridgehead atoms. The highest BCUT2D eigenvalue weighted by Gasteiger charge is 2.27. The van der Waals surface area contributed by atoms with E-state index in [9.17, 15) is 18.4 Å². The Bertz CT molecular complexity index is 1760. The van der Waals surface area contributed by atoms with Crippen molar-refractivity contribution >= 4 is 23.3 Å². The monoisotopic (exact) mass is 618 g/mol. The summed E-state index contributed by atoms with van der Waals surface area (Å²) >= 11 is 1.27. The van der Waals surface area contributed by atoms with Gasteiger partial charge in [-0.05, 0) is 44.0 Å². The number of hydrogen-bond donors (Lipinski definition) is 1. The van der Waals surface area contributed by atoms with Crippen LogP contribution in [0.4, 0.5) is 8.78 Å². The lowest BCUT2D eigenvalue weighted by atomic mass is 10.0. The predicted octanol–water partition coefficient (Wildman–Crippen LogP) is 6.78. The van der Waals surface area contributed by atoms with Crippen molar-refractivity contribution < 1.29 is 18.3 Å². The molecule has 1 fully saturated rings. The van der Waals surface area contributed by atoms with Crippen molar-refractivity contribution in [3.8, 4) is 33.3 Å². The lowest BCUT2D eigenvalue weighted by Gasteiger charge is -2.29. The number of allylic oxidation sites excluding steroid dienone is 1. The lowest BCUT2D eigenvalue weighted by molar-refractivity contribution is 0.0175. The first-order valence-electron chi connectivity index (χ1n) is 14.6. The van der Waals surface area contributed by atoms with Crippen LogP contribution >= 0.6 is 11.3 Å². The minimum atomic E-state index is -2.95. The van der Waals surface area contributed by atoms with Crippen LogP contribution in [-0.2, 0) is 12.3 Å². The van der Waals surface area contributed by atoms with Gasteiger partial charge in [0.05, 0.1) is 35.3 Å². The highest BCUT2D eigenvalue weighted by Crippen LogP contribution is 2.33. The molecule has 1 amide bonds. The highest BCUT2D eigenvalue weighted by atomic mass is 32.1. The molecular formula is C34H36F2N4O3S. The van der Waals surface area contributed by atoms with E-state index < -0.39 is 5.92 Å². The first-order valence-corrected chi connectivity index (χ1v) is 15.5. The van der Waals surface area contributed by atoms with E-state index in [0.717, 1.165) is 18.1 Å². The zero-order valence-corrected chi connectivity index (χ0v) is 26.4. The van der Waals surface area contributed by atoms with Gasteiger partial charge in [0.15, 0.2) is 0 Å². The Morgan fingerprint density at radius 1 is 1.11 bits per heavy atom. The Balaban J connectivity index is 1.75. The number of carbonyl (C=O) groups excluding carboxylic acids is 1. The van der Waals surface area contributed by atoms with Crippen molar-refractivity contribution in [3.05, 3.63) is 92.2 Å². The van der Waals surface area contributed by atoms with Crippen LogP contribution in [0.3, 0.4) is 0 Å². The standard InChI is InChI=1S/C34H36F2N4O3S/c1-6-22-9-12-25(43-5)18-29(22)40-30(17-21(2)3)26(32(41)39-15-13-37-14-16-39)19-27(33(40)42)31-38-28(20-44-31)23-7-10-24(11-8-23)34(4,35)36/h7-12,17-20,37H,6,13-16H2,1-5H3. The molecule has 0 aliphatic carbocycles. The largest absolute Gasteiger partial charge is 0.497 e. The van der Waals surface area contributed by atoms with Gasteiger partial charge in [0.25, 0.3) is 17.4 Å². The van der Waals surface area contributed by atoms with E-state index in [0.29, 0.717) is 71.6 Å². The Morgan fingerprint density at radius 2 is 1.82 bits per heavy atom. The first-order chi connectivity index (χ1) is 21.0. The van der Waals surface area contributed by atoms with Crippen LogP contribution in [0.25, 0.3) is 33.6 Å². The molecular weight excluding hydrogens is 582 g/mol. The predicted molar refractivity (Wildman–Crippen MR) is 172 cm³/mol. The van der Waals surface area contributed by atoms with Gasteiger partial charge in [-0.15, -0.1) is 11.3 Å². The molecule has 0 atom stereocenters. The number of aromatic nitrogens is 2. The third kappa shape index (κ3) is 6.37. The molecule has 7 nitrogen and oxygen atoms in total. The summed E-state index contributed by atoms with van der Waals surface area (Å²) in [7, 11) is 1.57. The van der Waals surface area contributed by atoms with Gasteiger partial charge in [0, 0.05) is 55.7 Å². The van der Waals surface area contributed by atoms with E-state index in [1.54, 1.807) is 40.2 Å². The van der Waals surface area contributed by atoms with Crippen LogP contribution in [0.2, 0.25) is 0 Å². The fourth-order valence-electron chi connectivity index (χ4n) is 5.29. The number of benzene rings is 2. The number of nitrogens with zero attached hydrogens (tertiary/aromatic N) is 3. The number of amides is 1. The molecule has 1 aliphatic rings. The molecule has 0 radical (unpaired) electrons. The number of piperazine rings is 1. The van der Waals surface area contributed by atoms with Crippen molar-refractivity contribution in [2.75, 3.05) is 33.3 Å². The number of methoxy groups -OCH3 is 1. The molecule has 1 aliphatic heterocycles. The third-order valence-corrected chi connectivity index (χ3v) is 8.51. The second-order valence-corrected chi connectivity index (χ2v) is 12.0. The third-order valence-electron chi connectivity index (χ3n) is 7.64. The van der Waals surface area contributed by atoms with Crippen LogP contribution in [0.15, 0.2) is 64.3 Å². The Kier molecular flexibility index (Phi) is 9.12. The molecule has 10 heteroatoms. The number of ether oxygens (including phenoxy) is 1. The molecule has 0 saturated carbocycles. The van der Waals surface area contributed by atoms with Crippen LogP contribution in [0, 0.1) is 0 Å². The fraction of sp³-hybridized carbons (Fsp3) is 0.324. The van der Waals surface area contributed by atoms with E-state index in [4.69, 9.17) is 9.72 Å². The van der Waals surface area contributed by atoms with Crippen LogP contribution in [-0.4, -0.2) is 53.6 Å². The molecule has 2 aromatic carbocycles. The van der Waals surface area contributed by atoms with E-state index in [2.05, 4.69) is 5.32 Å². The van der Waals surface area contributed by atoms with E-state index in [-0.39, 0.29) is 22.6 Å². The number of rotatable bonds is 8. The first kappa shape index (κ1) is 31.3. The number of thiazole rings is 1. The quantitative estimate of drug-likeness (QED) is 0.236. The number of hydrogen-bond acceptors (Lipinski definition) is 6. The van der Waals surface area contributed by atoms with Crippen LogP contribution < -0.4 is 15.6 Å². The number of pyridine rings is 1. The smallest absolute Gasteiger partial charge is 0.270 e. The van der Waals surface area contributed by atoms with Gasteiger partial charge in [0.1, 0.15) is 10.8 Å². The summed E-state index contributed by atoms with van der Waals surface area (Å²) < 4.78 is 34.7. The molecule has 230 valence electrons. The van der Waals surface area contributed by atoms with Crippen molar-refractivity contribution in [3.63, 3.8) is 0 Å². The van der Waals surface area contributed by atoms with Gasteiger partial charge in [-0.2, -0.15) is 0 Å². The summed E-state index contributed by atoms with van der Waals surface area (Å²) in [5.74, 6) is -2.53. The lowest BCUT2D eigenvalue weighted by Crippen LogP contribution is -2.47. The van der Waals surface area contributed by atoms with E-state index >= 15 is 0 Å². The average Bonchev–Trinajstić information content (AvgIpc) is 3.51. The van der Waals surface area contributed by atoms with Gasteiger partial charge in [-0.3, -0.25) is 14.2 Å². The molecule has 5 rings (SSSR count). The van der Waals surface area contributed by atoms with E-state index in [1.807, 2.05) is 45.0 Å². The Morgan fingerprint density at radius 3 is 2.43 bits per heavy atom. The van der Waals surface area contributed by atoms with Crippen molar-refractivity contribution in [1.82, 2.24) is 19.8 Å². The number of aryl methyl sites for hydroxylation is 1. The second-order valence-electron chi connectivity index (χ2n) is 11.1. The maximum absolute atomic E-state index is 14.5. The summed E-state index contributed by atoms with van der Waals surface area (Å²) in [6, 6.07) is 13.2. The maximum atomic E-state index is 14.5. The van der Waals surface area contributed by atoms with Gasteiger partial charge < -0.3 is 15.0 Å².